The zero-order chi connectivity index (χ0) is 12.4. The molecule has 0 aromatic carbocycles. The van der Waals surface area contributed by atoms with E-state index >= 15 is 0 Å². The molecule has 0 fully saturated rings. The molecule has 5 heteroatoms. The number of hydrogen-bond acceptors (Lipinski definition) is 5. The number of esters is 2. The summed E-state index contributed by atoms with van der Waals surface area (Å²) >= 11 is 0. The summed E-state index contributed by atoms with van der Waals surface area (Å²) in [4.78, 5) is 21.7. The smallest absolute Gasteiger partial charge is 0.330 e. The van der Waals surface area contributed by atoms with Crippen molar-refractivity contribution in [1.82, 2.24) is 0 Å². The fourth-order valence-corrected chi connectivity index (χ4v) is 0.738. The van der Waals surface area contributed by atoms with E-state index in [0.29, 0.717) is 0 Å². The van der Waals surface area contributed by atoms with Crippen molar-refractivity contribution in [2.45, 2.75) is 6.10 Å². The Balaban J connectivity index is 4.12. The van der Waals surface area contributed by atoms with Gasteiger partial charge in [0.05, 0.1) is 6.26 Å². The molecule has 88 valence electrons. The number of carbonyl (C=O) groups is 2. The van der Waals surface area contributed by atoms with Crippen LogP contribution >= 0.6 is 0 Å². The minimum atomic E-state index is -0.701. The van der Waals surface area contributed by atoms with Crippen LogP contribution in [0, 0.1) is 0 Å². The molecule has 0 aliphatic rings. The first-order valence-corrected chi connectivity index (χ1v) is 4.48. The molecule has 0 heterocycles. The van der Waals surface area contributed by atoms with E-state index in [-0.39, 0.29) is 13.2 Å². The quantitative estimate of drug-likeness (QED) is 0.350. The number of carbonyl (C=O) groups excluding carboxylic acids is 2. The van der Waals surface area contributed by atoms with Crippen LogP contribution in [0.15, 0.2) is 38.2 Å². The van der Waals surface area contributed by atoms with E-state index in [0.717, 1.165) is 12.2 Å². The van der Waals surface area contributed by atoms with Gasteiger partial charge in [0.25, 0.3) is 0 Å². The lowest BCUT2D eigenvalue weighted by Gasteiger charge is -2.15. The third-order valence-electron chi connectivity index (χ3n) is 1.43. The van der Waals surface area contributed by atoms with Crippen LogP contribution < -0.4 is 0 Å². The maximum Gasteiger partial charge on any atom is 0.330 e. The number of rotatable bonds is 8. The summed E-state index contributed by atoms with van der Waals surface area (Å²) in [6.07, 6.45) is 2.52. The van der Waals surface area contributed by atoms with Gasteiger partial charge in [-0.3, -0.25) is 0 Å². The van der Waals surface area contributed by atoms with Crippen molar-refractivity contribution in [3.8, 4) is 0 Å². The van der Waals surface area contributed by atoms with E-state index in [1.165, 1.54) is 6.26 Å². The monoisotopic (exact) mass is 226 g/mol. The standard InChI is InChI=1S/C11H14O5/c1-4-10(12)15-8-9(7-14-6-3)16-11(13)5-2/h4-6,9H,1-3,7-8H2. The van der Waals surface area contributed by atoms with Crippen molar-refractivity contribution < 1.29 is 23.8 Å². The lowest BCUT2D eigenvalue weighted by Crippen LogP contribution is -2.28. The van der Waals surface area contributed by atoms with Crippen LogP contribution in [0.25, 0.3) is 0 Å². The first-order valence-electron chi connectivity index (χ1n) is 4.48. The average molecular weight is 226 g/mol. The van der Waals surface area contributed by atoms with E-state index in [1.807, 2.05) is 0 Å². The summed E-state index contributed by atoms with van der Waals surface area (Å²) in [5.74, 6) is -1.22. The highest BCUT2D eigenvalue weighted by atomic mass is 16.6. The molecule has 0 aliphatic carbocycles. The molecule has 0 spiro atoms. The van der Waals surface area contributed by atoms with Gasteiger partial charge >= 0.3 is 11.9 Å². The second-order valence-corrected chi connectivity index (χ2v) is 2.60. The van der Waals surface area contributed by atoms with Crippen molar-refractivity contribution in [2.75, 3.05) is 13.2 Å². The predicted molar refractivity (Wildman–Crippen MR) is 57.4 cm³/mol. The van der Waals surface area contributed by atoms with Gasteiger partial charge in [-0.05, 0) is 0 Å². The zero-order valence-corrected chi connectivity index (χ0v) is 8.89. The molecule has 16 heavy (non-hydrogen) atoms. The van der Waals surface area contributed by atoms with Crippen molar-refractivity contribution in [2.24, 2.45) is 0 Å². The van der Waals surface area contributed by atoms with Crippen LogP contribution in [0.5, 0.6) is 0 Å². The minimum Gasteiger partial charge on any atom is -0.498 e. The number of ether oxygens (including phenoxy) is 3. The molecule has 0 aliphatic heterocycles. The molecule has 0 amide bonds. The van der Waals surface area contributed by atoms with E-state index in [9.17, 15) is 9.59 Å². The first kappa shape index (κ1) is 14.0. The van der Waals surface area contributed by atoms with Crippen LogP contribution in [0.2, 0.25) is 0 Å². The summed E-state index contributed by atoms with van der Waals surface area (Å²) in [5, 5.41) is 0. The minimum absolute atomic E-state index is 0.0491. The Hall–Kier alpha value is -2.04. The van der Waals surface area contributed by atoms with Crippen LogP contribution in [-0.4, -0.2) is 31.3 Å². The summed E-state index contributed by atoms with van der Waals surface area (Å²) in [6.45, 7) is 9.75. The Bertz CT molecular complexity index is 282. The van der Waals surface area contributed by atoms with Gasteiger partial charge in [-0.15, -0.1) is 0 Å². The average Bonchev–Trinajstić information content (AvgIpc) is 2.31. The Labute approximate surface area is 94.0 Å². The molecule has 1 unspecified atom stereocenters. The van der Waals surface area contributed by atoms with Gasteiger partial charge in [0, 0.05) is 12.2 Å². The molecule has 1 atom stereocenters. The molecule has 0 saturated heterocycles. The van der Waals surface area contributed by atoms with Crippen molar-refractivity contribution in [3.05, 3.63) is 38.2 Å². The maximum atomic E-state index is 10.9. The molecule has 0 rings (SSSR count). The topological polar surface area (TPSA) is 61.8 Å². The van der Waals surface area contributed by atoms with Gasteiger partial charge in [0.2, 0.25) is 0 Å². The normalized spacial score (nSPS) is 10.8. The Kier molecular flexibility index (Phi) is 7.23. The Morgan fingerprint density at radius 3 is 2.19 bits per heavy atom. The second-order valence-electron chi connectivity index (χ2n) is 2.60. The van der Waals surface area contributed by atoms with Gasteiger partial charge < -0.3 is 14.2 Å². The molecule has 0 aromatic rings. The van der Waals surface area contributed by atoms with Gasteiger partial charge in [-0.25, -0.2) is 9.59 Å². The zero-order valence-electron chi connectivity index (χ0n) is 8.89. The summed E-state index contributed by atoms with van der Waals surface area (Å²) < 4.78 is 14.4. The van der Waals surface area contributed by atoms with Gasteiger partial charge in [0.1, 0.15) is 13.2 Å². The molecular weight excluding hydrogens is 212 g/mol. The fraction of sp³-hybridized carbons (Fsp3) is 0.273. The lowest BCUT2D eigenvalue weighted by atomic mass is 10.4. The van der Waals surface area contributed by atoms with Crippen LogP contribution in [0.3, 0.4) is 0 Å². The van der Waals surface area contributed by atoms with E-state index in [4.69, 9.17) is 14.2 Å². The molecule has 0 radical (unpaired) electrons. The largest absolute Gasteiger partial charge is 0.498 e. The van der Waals surface area contributed by atoms with Crippen LogP contribution in [0.4, 0.5) is 0 Å². The van der Waals surface area contributed by atoms with Crippen LogP contribution in [-0.2, 0) is 23.8 Å². The SMILES string of the molecule is C=COCC(COC(=O)C=C)OC(=O)C=C. The predicted octanol–water partition coefficient (Wildman–Crippen LogP) is 0.973. The molecule has 0 N–H and O–H groups in total. The van der Waals surface area contributed by atoms with Gasteiger partial charge in [0.15, 0.2) is 6.10 Å². The summed E-state index contributed by atoms with van der Waals surface area (Å²) in [5.41, 5.74) is 0. The third-order valence-corrected chi connectivity index (χ3v) is 1.43. The van der Waals surface area contributed by atoms with E-state index in [1.54, 1.807) is 0 Å². The van der Waals surface area contributed by atoms with Crippen molar-refractivity contribution in [1.29, 1.82) is 0 Å². The van der Waals surface area contributed by atoms with E-state index in [2.05, 4.69) is 19.7 Å². The molecule has 5 nitrogen and oxygen atoms in total. The first-order chi connectivity index (χ1) is 7.63. The highest BCUT2D eigenvalue weighted by Gasteiger charge is 2.15. The van der Waals surface area contributed by atoms with Crippen molar-refractivity contribution >= 4 is 11.9 Å². The van der Waals surface area contributed by atoms with Gasteiger partial charge in [-0.1, -0.05) is 19.7 Å². The maximum absolute atomic E-state index is 10.9. The highest BCUT2D eigenvalue weighted by molar-refractivity contribution is 5.82. The fourth-order valence-electron chi connectivity index (χ4n) is 0.738. The van der Waals surface area contributed by atoms with E-state index < -0.39 is 18.0 Å². The lowest BCUT2D eigenvalue weighted by molar-refractivity contribution is -0.155. The van der Waals surface area contributed by atoms with Gasteiger partial charge in [-0.2, -0.15) is 0 Å². The molecule has 0 bridgehead atoms. The highest BCUT2D eigenvalue weighted by Crippen LogP contribution is 1.98. The van der Waals surface area contributed by atoms with Crippen LogP contribution in [0.1, 0.15) is 0 Å². The molecular formula is C11H14O5. The van der Waals surface area contributed by atoms with Crippen molar-refractivity contribution in [3.63, 3.8) is 0 Å². The summed E-state index contributed by atoms with van der Waals surface area (Å²) in [7, 11) is 0. The second kappa shape index (κ2) is 8.28. The number of hydrogen-bond donors (Lipinski definition) is 0. The Morgan fingerprint density at radius 2 is 1.69 bits per heavy atom. The summed E-state index contributed by atoms with van der Waals surface area (Å²) in [6, 6.07) is 0. The molecule has 0 saturated carbocycles. The third kappa shape index (κ3) is 6.42. The Morgan fingerprint density at radius 1 is 1.06 bits per heavy atom. The molecule has 0 aromatic heterocycles.